The van der Waals surface area contributed by atoms with E-state index in [4.69, 9.17) is 9.47 Å². The van der Waals surface area contributed by atoms with E-state index in [1.807, 2.05) is 24.3 Å². The predicted molar refractivity (Wildman–Crippen MR) is 114 cm³/mol. The third-order valence-electron chi connectivity index (χ3n) is 6.15. The van der Waals surface area contributed by atoms with Gasteiger partial charge in [0.15, 0.2) is 6.79 Å². The lowest BCUT2D eigenvalue weighted by Crippen LogP contribution is -2.41. The number of nitrogens with one attached hydrogen (secondary N) is 1. The van der Waals surface area contributed by atoms with Gasteiger partial charge in [-0.1, -0.05) is 54.8 Å². The molecule has 1 aliphatic heterocycles. The Hall–Kier alpha value is -2.33. The molecular weight excluding hydrogens is 362 g/mol. The molecule has 2 aliphatic rings. The topological polar surface area (TPSA) is 47.6 Å². The van der Waals surface area contributed by atoms with Gasteiger partial charge in [0.1, 0.15) is 5.75 Å². The summed E-state index contributed by atoms with van der Waals surface area (Å²) in [5.41, 5.74) is 3.64. The second-order valence-corrected chi connectivity index (χ2v) is 8.50. The Morgan fingerprint density at radius 2 is 1.90 bits per heavy atom. The number of benzene rings is 2. The normalized spacial score (nSPS) is 22.4. The first-order valence-corrected chi connectivity index (χ1v) is 10.8. The van der Waals surface area contributed by atoms with Gasteiger partial charge >= 0.3 is 0 Å². The molecule has 4 rings (SSSR count). The molecule has 0 aromatic heterocycles. The fraction of sp³-hybridized carbons (Fsp3) is 0.480. The maximum absolute atomic E-state index is 12.6. The summed E-state index contributed by atoms with van der Waals surface area (Å²) < 4.78 is 11.6. The fourth-order valence-corrected chi connectivity index (χ4v) is 4.58. The second-order valence-electron chi connectivity index (χ2n) is 8.50. The molecule has 154 valence electrons. The van der Waals surface area contributed by atoms with Crippen LogP contribution in [0.5, 0.6) is 5.75 Å². The van der Waals surface area contributed by atoms with Crippen molar-refractivity contribution in [3.05, 3.63) is 65.2 Å². The van der Waals surface area contributed by atoms with Gasteiger partial charge in [0.2, 0.25) is 5.91 Å². The average Bonchev–Trinajstić information content (AvgIpc) is 3.23. The fourth-order valence-electron chi connectivity index (χ4n) is 4.58. The predicted octanol–water partition coefficient (Wildman–Crippen LogP) is 4.75. The van der Waals surface area contributed by atoms with Crippen LogP contribution < -0.4 is 10.1 Å². The number of rotatable bonds is 7. The smallest absolute Gasteiger partial charge is 0.227 e. The van der Waals surface area contributed by atoms with E-state index in [1.54, 1.807) is 0 Å². The maximum atomic E-state index is 12.6. The van der Waals surface area contributed by atoms with Crippen molar-refractivity contribution in [1.29, 1.82) is 0 Å². The number of carbonyl (C=O) groups is 1. The molecule has 1 N–H and O–H groups in total. The minimum absolute atomic E-state index is 0.116. The largest absolute Gasteiger partial charge is 0.468 e. The summed E-state index contributed by atoms with van der Waals surface area (Å²) in [6.45, 7) is 3.15. The summed E-state index contributed by atoms with van der Waals surface area (Å²) in [5, 5.41) is 3.11. The molecule has 2 aromatic rings. The Morgan fingerprint density at radius 3 is 2.72 bits per heavy atom. The number of piperidine rings is 1. The van der Waals surface area contributed by atoms with Crippen LogP contribution in [0.3, 0.4) is 0 Å². The van der Waals surface area contributed by atoms with Crippen LogP contribution in [0.1, 0.15) is 54.7 Å². The lowest BCUT2D eigenvalue weighted by molar-refractivity contribution is -0.124. The van der Waals surface area contributed by atoms with Crippen LogP contribution in [0.4, 0.5) is 0 Å². The van der Waals surface area contributed by atoms with Crippen LogP contribution in [0.15, 0.2) is 48.5 Å². The van der Waals surface area contributed by atoms with Crippen molar-refractivity contribution >= 4 is 5.91 Å². The summed E-state index contributed by atoms with van der Waals surface area (Å²) in [6.07, 6.45) is 6.96. The van der Waals surface area contributed by atoms with Crippen molar-refractivity contribution in [3.8, 4) is 5.75 Å². The number of hydrogen-bond donors (Lipinski definition) is 1. The second kappa shape index (κ2) is 9.45. The van der Waals surface area contributed by atoms with E-state index in [2.05, 4.69) is 36.5 Å². The molecule has 4 nitrogen and oxygen atoms in total. The van der Waals surface area contributed by atoms with E-state index in [0.29, 0.717) is 12.0 Å². The van der Waals surface area contributed by atoms with E-state index in [0.717, 1.165) is 43.5 Å². The minimum Gasteiger partial charge on any atom is -0.468 e. The SMILES string of the molecule is Cc1cccc(C[C@H]2CNC(=O)[C@H](c3cccc(OCOC4CCCC4)c3)C2)c1. The zero-order chi connectivity index (χ0) is 20.1. The monoisotopic (exact) mass is 393 g/mol. The Balaban J connectivity index is 1.37. The van der Waals surface area contributed by atoms with Crippen LogP contribution in [0, 0.1) is 12.8 Å². The zero-order valence-corrected chi connectivity index (χ0v) is 17.2. The number of ether oxygens (including phenoxy) is 2. The molecule has 29 heavy (non-hydrogen) atoms. The number of carbonyl (C=O) groups excluding carboxylic acids is 1. The first kappa shape index (κ1) is 20.0. The van der Waals surface area contributed by atoms with Gasteiger partial charge in [0.25, 0.3) is 0 Å². The highest BCUT2D eigenvalue weighted by molar-refractivity contribution is 5.84. The Bertz CT molecular complexity index is 828. The minimum atomic E-state index is -0.127. The van der Waals surface area contributed by atoms with Gasteiger partial charge in [0, 0.05) is 6.54 Å². The molecule has 1 saturated carbocycles. The standard InChI is InChI=1S/C25H31NO3/c1-18-6-4-7-19(12-18)13-20-14-24(25(27)26-16-20)21-8-5-11-23(15-21)29-17-28-22-9-2-3-10-22/h4-8,11-12,15,20,22,24H,2-3,9-10,13-14,16-17H2,1H3,(H,26,27)/t20-,24+/m1/s1. The highest BCUT2D eigenvalue weighted by Gasteiger charge is 2.30. The summed E-state index contributed by atoms with van der Waals surface area (Å²) in [5.74, 6) is 1.20. The molecule has 1 saturated heterocycles. The highest BCUT2D eigenvalue weighted by atomic mass is 16.7. The molecule has 2 aromatic carbocycles. The molecular formula is C25H31NO3. The van der Waals surface area contributed by atoms with Gasteiger partial charge < -0.3 is 14.8 Å². The Labute approximate surface area is 173 Å². The van der Waals surface area contributed by atoms with E-state index in [9.17, 15) is 4.79 Å². The lowest BCUT2D eigenvalue weighted by Gasteiger charge is -2.30. The van der Waals surface area contributed by atoms with E-state index < -0.39 is 0 Å². The number of hydrogen-bond acceptors (Lipinski definition) is 3. The number of amides is 1. The molecule has 4 heteroatoms. The van der Waals surface area contributed by atoms with Crippen molar-refractivity contribution in [2.75, 3.05) is 13.3 Å². The van der Waals surface area contributed by atoms with Crippen LogP contribution in [0.25, 0.3) is 0 Å². The summed E-state index contributed by atoms with van der Waals surface area (Å²) >= 11 is 0. The molecule has 1 aliphatic carbocycles. The molecule has 1 heterocycles. The van der Waals surface area contributed by atoms with Crippen LogP contribution >= 0.6 is 0 Å². The van der Waals surface area contributed by atoms with Gasteiger partial charge in [-0.3, -0.25) is 4.79 Å². The number of aryl methyl sites for hydroxylation is 1. The van der Waals surface area contributed by atoms with E-state index >= 15 is 0 Å². The Morgan fingerprint density at radius 1 is 1.07 bits per heavy atom. The third kappa shape index (κ3) is 5.39. The Kier molecular flexibility index (Phi) is 6.50. The van der Waals surface area contributed by atoms with Crippen molar-refractivity contribution < 1.29 is 14.3 Å². The molecule has 0 radical (unpaired) electrons. The van der Waals surface area contributed by atoms with Crippen molar-refractivity contribution in [2.24, 2.45) is 5.92 Å². The molecule has 2 atom stereocenters. The first-order valence-electron chi connectivity index (χ1n) is 10.8. The quantitative estimate of drug-likeness (QED) is 0.691. The lowest BCUT2D eigenvalue weighted by atomic mass is 9.82. The molecule has 1 amide bonds. The van der Waals surface area contributed by atoms with Crippen LogP contribution in [0.2, 0.25) is 0 Å². The van der Waals surface area contributed by atoms with Gasteiger partial charge in [0.05, 0.1) is 12.0 Å². The summed E-state index contributed by atoms with van der Waals surface area (Å²) in [7, 11) is 0. The van der Waals surface area contributed by atoms with Crippen molar-refractivity contribution in [1.82, 2.24) is 5.32 Å². The highest BCUT2D eigenvalue weighted by Crippen LogP contribution is 2.31. The average molecular weight is 394 g/mol. The van der Waals surface area contributed by atoms with Gasteiger partial charge in [-0.2, -0.15) is 0 Å². The molecule has 2 fully saturated rings. The van der Waals surface area contributed by atoms with Gasteiger partial charge in [-0.25, -0.2) is 0 Å². The maximum Gasteiger partial charge on any atom is 0.227 e. The van der Waals surface area contributed by atoms with Gasteiger partial charge in [-0.05, 0) is 61.8 Å². The van der Waals surface area contributed by atoms with Gasteiger partial charge in [-0.15, -0.1) is 0 Å². The molecule has 0 spiro atoms. The molecule has 0 bridgehead atoms. The third-order valence-corrected chi connectivity index (χ3v) is 6.15. The summed E-state index contributed by atoms with van der Waals surface area (Å²) in [4.78, 5) is 12.6. The van der Waals surface area contributed by atoms with Crippen molar-refractivity contribution in [3.63, 3.8) is 0 Å². The van der Waals surface area contributed by atoms with Crippen molar-refractivity contribution in [2.45, 2.75) is 57.5 Å². The first-order chi connectivity index (χ1) is 14.2. The van der Waals surface area contributed by atoms with E-state index in [1.165, 1.54) is 24.0 Å². The molecule has 0 unspecified atom stereocenters. The zero-order valence-electron chi connectivity index (χ0n) is 17.2. The van der Waals surface area contributed by atoms with Crippen LogP contribution in [-0.2, 0) is 16.0 Å². The van der Waals surface area contributed by atoms with E-state index in [-0.39, 0.29) is 18.6 Å². The van der Waals surface area contributed by atoms with Crippen LogP contribution in [-0.4, -0.2) is 25.3 Å². The summed E-state index contributed by atoms with van der Waals surface area (Å²) in [6, 6.07) is 16.6.